The van der Waals surface area contributed by atoms with Crippen LogP contribution in [-0.2, 0) is 70.4 Å². The van der Waals surface area contributed by atoms with Crippen molar-refractivity contribution in [2.45, 2.75) is 193 Å². The van der Waals surface area contributed by atoms with Crippen molar-refractivity contribution in [3.05, 3.63) is 71.3 Å². The molecule has 12 N–H and O–H groups in total. The molecule has 472 valence electrons. The topological polar surface area (TPSA) is 360 Å². The molecular weight excluding hydrogens is 1120 g/mol. The van der Waals surface area contributed by atoms with Crippen LogP contribution in [0, 0.1) is 35.3 Å². The first-order chi connectivity index (χ1) is 40.5. The summed E-state index contributed by atoms with van der Waals surface area (Å²) in [7, 11) is 0. The van der Waals surface area contributed by atoms with Crippen LogP contribution in [0.1, 0.15) is 131 Å². The molecule has 2 aromatic carbocycles. The Kier molecular flexibility index (Phi) is 25.5. The van der Waals surface area contributed by atoms with Crippen molar-refractivity contribution in [3.8, 4) is 0 Å². The number of carbonyl (C=O) groups is 12. The molecule has 3 saturated heterocycles. The Morgan fingerprint density at radius 2 is 0.744 bits per heavy atom. The molecule has 0 saturated carbocycles. The highest BCUT2D eigenvalue weighted by Gasteiger charge is 2.43. The highest BCUT2D eigenvalue weighted by molar-refractivity contribution is 6.00. The Morgan fingerprint density at radius 1 is 0.442 bits per heavy atom. The highest BCUT2D eigenvalue weighted by Crippen LogP contribution is 2.24. The maximum Gasteiger partial charge on any atom is 0.246 e. The Bertz CT molecular complexity index is 2600. The minimum Gasteiger partial charge on any atom is -0.370 e. The van der Waals surface area contributed by atoms with Gasteiger partial charge >= 0.3 is 0 Å². The van der Waals surface area contributed by atoms with Crippen LogP contribution >= 0.6 is 0 Å². The van der Waals surface area contributed by atoms with Gasteiger partial charge in [-0.2, -0.15) is 0 Å². The van der Waals surface area contributed by atoms with Crippen LogP contribution < -0.4 is 54.0 Å². The maximum absolute atomic E-state index is 14.9. The van der Waals surface area contributed by atoms with Gasteiger partial charge < -0.3 is 63.8 Å². The maximum atomic E-state index is 14.9. The van der Waals surface area contributed by atoms with Crippen molar-refractivity contribution in [1.29, 1.82) is 0 Å². The number of carbonyl (C=O) groups excluding carboxylic acids is 12. The lowest BCUT2D eigenvalue weighted by Gasteiger charge is -2.33. The van der Waals surface area contributed by atoms with E-state index in [-0.39, 0.29) is 76.3 Å². The van der Waals surface area contributed by atoms with Crippen molar-refractivity contribution in [3.63, 3.8) is 0 Å². The summed E-state index contributed by atoms with van der Waals surface area (Å²) in [4.78, 5) is 173. The standard InChI is InChI=1S/C60H86F2N12O12/c1-31(2)27-41-53(79)69-43(29-35-13-17-37(61)18-14-35)59(85)73-25-9-11-45(73)55(81)72-50(34(7)8)58(84)66-40(22-24-48(64)76)52(78)68-42(28-32(3)4)54(80)70-44(30-36-15-19-38(62)20-16-36)60(86)74-26-10-12-46(74)56(82)71-49(33(5)6)57(83)65-39(51(77)67-41)21-23-47(63)75/h13-20,31-34,39-46,49-50H,9-12,21-30H2,1-8H3,(H2,63,75)(H2,64,76)(H,65,83)(H,66,84)(H,67,77)(H,68,78)(H,69,79)(H,70,80)(H,71,82)(H,72,81)/t39-,40-,41-,42-,43+,44+,45-,46-,49-,50-/m0/s1. The largest absolute Gasteiger partial charge is 0.370 e. The van der Waals surface area contributed by atoms with E-state index < -0.39 is 168 Å². The lowest BCUT2D eigenvalue weighted by Crippen LogP contribution is -2.62. The normalized spacial score (nSPS) is 25.8. The minimum atomic E-state index is -1.53. The summed E-state index contributed by atoms with van der Waals surface area (Å²) in [5.41, 5.74) is 11.9. The molecule has 10 atom stereocenters. The average molecular weight is 1210 g/mol. The molecule has 3 aliphatic heterocycles. The number of nitrogens with two attached hydrogens (primary N) is 2. The second kappa shape index (κ2) is 31.9. The Balaban J connectivity index is 1.61. The van der Waals surface area contributed by atoms with Gasteiger partial charge in [-0.3, -0.25) is 57.5 Å². The zero-order valence-corrected chi connectivity index (χ0v) is 50.3. The van der Waals surface area contributed by atoms with E-state index in [0.717, 1.165) is 24.3 Å². The van der Waals surface area contributed by atoms with E-state index in [0.29, 0.717) is 24.0 Å². The van der Waals surface area contributed by atoms with Gasteiger partial charge in [-0.05, 0) is 110 Å². The van der Waals surface area contributed by atoms with Crippen molar-refractivity contribution in [2.75, 3.05) is 13.1 Å². The quantitative estimate of drug-likeness (QED) is 0.110. The zero-order chi connectivity index (χ0) is 63.7. The summed E-state index contributed by atoms with van der Waals surface area (Å²) in [6.07, 6.45) is -1.13. The van der Waals surface area contributed by atoms with E-state index in [2.05, 4.69) is 42.5 Å². The Morgan fingerprint density at radius 3 is 1.05 bits per heavy atom. The average Bonchev–Trinajstić information content (AvgIpc) is 4.35. The third-order valence-electron chi connectivity index (χ3n) is 15.4. The number of benzene rings is 2. The van der Waals surface area contributed by atoms with E-state index in [1.54, 1.807) is 55.4 Å². The highest BCUT2D eigenvalue weighted by atomic mass is 19.1. The van der Waals surface area contributed by atoms with Crippen LogP contribution in [0.3, 0.4) is 0 Å². The van der Waals surface area contributed by atoms with Crippen molar-refractivity contribution < 1.29 is 66.3 Å². The van der Waals surface area contributed by atoms with Gasteiger partial charge in [0.15, 0.2) is 0 Å². The SMILES string of the molecule is CC(C)C[C@@H]1NC(=O)[C@H](CCC(N)=O)NC(=O)[C@H](C(C)C)NC(=O)[C@@H]2CCCN2C(=O)[C@@H](Cc2ccc(F)cc2)NC(=O)[C@H](CC(C)C)NC(=O)[C@H](CCC(N)=O)NC(=O)[C@H](C(C)C)NC(=O)[C@@H]2CCCN2C(=O)[C@@H](Cc2ccc(F)cc2)NC1=O. The predicted octanol–water partition coefficient (Wildman–Crippen LogP) is 0.559. The van der Waals surface area contributed by atoms with E-state index in [9.17, 15) is 66.3 Å². The first kappa shape index (κ1) is 68.7. The fourth-order valence-corrected chi connectivity index (χ4v) is 10.8. The summed E-state index contributed by atoms with van der Waals surface area (Å²) >= 11 is 0. The smallest absolute Gasteiger partial charge is 0.246 e. The molecule has 24 nitrogen and oxygen atoms in total. The first-order valence-corrected chi connectivity index (χ1v) is 29.6. The van der Waals surface area contributed by atoms with E-state index in [4.69, 9.17) is 11.5 Å². The lowest BCUT2D eigenvalue weighted by molar-refractivity contribution is -0.143. The van der Waals surface area contributed by atoms with Gasteiger partial charge in [0.2, 0.25) is 70.9 Å². The number of primary amides is 2. The van der Waals surface area contributed by atoms with Crippen LogP contribution in [0.4, 0.5) is 8.78 Å². The summed E-state index contributed by atoms with van der Waals surface area (Å²) in [5, 5.41) is 21.5. The molecule has 3 heterocycles. The number of fused-ring (bicyclic) bond motifs is 2. The Labute approximate surface area is 500 Å². The van der Waals surface area contributed by atoms with Crippen molar-refractivity contribution >= 4 is 70.9 Å². The zero-order valence-electron chi connectivity index (χ0n) is 50.3. The summed E-state index contributed by atoms with van der Waals surface area (Å²) in [5.74, 6) is -12.9. The third kappa shape index (κ3) is 20.0. The monoisotopic (exact) mass is 1200 g/mol. The summed E-state index contributed by atoms with van der Waals surface area (Å²) in [6.45, 7) is 13.6. The van der Waals surface area contributed by atoms with Crippen molar-refractivity contribution in [2.24, 2.45) is 35.1 Å². The molecule has 12 amide bonds. The third-order valence-corrected chi connectivity index (χ3v) is 15.4. The van der Waals surface area contributed by atoms with Gasteiger partial charge in [0.05, 0.1) is 0 Å². The second-order valence-electron chi connectivity index (χ2n) is 24.1. The Hall–Kier alpha value is -8.06. The molecule has 26 heteroatoms. The number of nitrogens with one attached hydrogen (secondary N) is 8. The predicted molar refractivity (Wildman–Crippen MR) is 311 cm³/mol. The number of nitrogens with zero attached hydrogens (tertiary/aromatic N) is 2. The summed E-state index contributed by atoms with van der Waals surface area (Å²) in [6, 6.07) is -3.53. The van der Waals surface area contributed by atoms with Crippen LogP contribution in [0.2, 0.25) is 0 Å². The van der Waals surface area contributed by atoms with Gasteiger partial charge in [0, 0.05) is 38.8 Å². The molecule has 0 aliphatic carbocycles. The number of rotatable bonds is 16. The number of hydrogen-bond acceptors (Lipinski definition) is 12. The fourth-order valence-electron chi connectivity index (χ4n) is 10.8. The molecule has 2 aromatic rings. The number of amides is 12. The molecule has 0 unspecified atom stereocenters. The summed E-state index contributed by atoms with van der Waals surface area (Å²) < 4.78 is 28.4. The molecule has 0 aromatic heterocycles. The second-order valence-corrected chi connectivity index (χ2v) is 24.1. The van der Waals surface area contributed by atoms with Crippen LogP contribution in [0.25, 0.3) is 0 Å². The van der Waals surface area contributed by atoms with E-state index in [1.165, 1.54) is 34.1 Å². The number of halogens is 2. The van der Waals surface area contributed by atoms with E-state index in [1.807, 2.05) is 0 Å². The molecule has 0 spiro atoms. The number of hydrogen-bond donors (Lipinski definition) is 10. The van der Waals surface area contributed by atoms with Crippen LogP contribution in [-0.4, -0.2) is 154 Å². The van der Waals surface area contributed by atoms with Crippen LogP contribution in [0.15, 0.2) is 48.5 Å². The van der Waals surface area contributed by atoms with Crippen LogP contribution in [0.5, 0.6) is 0 Å². The van der Waals surface area contributed by atoms with Gasteiger partial charge in [-0.15, -0.1) is 0 Å². The molecule has 0 bridgehead atoms. The van der Waals surface area contributed by atoms with E-state index >= 15 is 0 Å². The van der Waals surface area contributed by atoms with Crippen molar-refractivity contribution in [1.82, 2.24) is 52.3 Å². The van der Waals surface area contributed by atoms with Gasteiger partial charge in [-0.1, -0.05) is 79.7 Å². The lowest BCUT2D eigenvalue weighted by atomic mass is 9.98. The molecular formula is C60H86F2N12O12. The molecule has 0 radical (unpaired) electrons. The molecule has 3 fully saturated rings. The molecule has 3 aliphatic rings. The van der Waals surface area contributed by atoms with Gasteiger partial charge in [0.25, 0.3) is 0 Å². The minimum absolute atomic E-state index is 0.0157. The van der Waals surface area contributed by atoms with Gasteiger partial charge in [-0.25, -0.2) is 8.78 Å². The first-order valence-electron chi connectivity index (χ1n) is 29.6. The fraction of sp³-hybridized carbons (Fsp3) is 0.600. The molecule has 86 heavy (non-hydrogen) atoms. The molecule has 5 rings (SSSR count). The van der Waals surface area contributed by atoms with Gasteiger partial charge in [0.1, 0.15) is 72.1 Å².